The van der Waals surface area contributed by atoms with E-state index in [9.17, 15) is 14.0 Å². The molecular weight excluding hydrogens is 403 g/mol. The zero-order valence-corrected chi connectivity index (χ0v) is 16.9. The van der Waals surface area contributed by atoms with Gasteiger partial charge in [-0.1, -0.05) is 35.9 Å². The third kappa shape index (κ3) is 4.31. The molecule has 1 heterocycles. The van der Waals surface area contributed by atoms with Crippen LogP contribution >= 0.6 is 22.9 Å². The van der Waals surface area contributed by atoms with Gasteiger partial charge in [0.1, 0.15) is 12.4 Å². The molecule has 0 aliphatic rings. The maximum Gasteiger partial charge on any atom is 0.326 e. The number of fused-ring (bicyclic) bond motifs is 1. The lowest BCUT2D eigenvalue weighted by Gasteiger charge is -2.05. The van der Waals surface area contributed by atoms with Gasteiger partial charge in [0.15, 0.2) is 4.80 Å². The molecule has 0 unspecified atom stereocenters. The van der Waals surface area contributed by atoms with Gasteiger partial charge in [0.2, 0.25) is 0 Å². The summed E-state index contributed by atoms with van der Waals surface area (Å²) < 4.78 is 20.8. The first kappa shape index (κ1) is 20.2. The van der Waals surface area contributed by atoms with Crippen LogP contribution in [0.1, 0.15) is 29.8 Å². The molecule has 28 heavy (non-hydrogen) atoms. The second kappa shape index (κ2) is 8.67. The molecule has 0 N–H and O–H groups in total. The Morgan fingerprint density at radius 1 is 1.21 bits per heavy atom. The predicted octanol–water partition coefficient (Wildman–Crippen LogP) is 4.36. The summed E-state index contributed by atoms with van der Waals surface area (Å²) in [4.78, 5) is 29.2. The van der Waals surface area contributed by atoms with Crippen LogP contribution in [0.4, 0.5) is 4.39 Å². The average molecular weight is 421 g/mol. The number of carbonyl (C=O) groups excluding carboxylic acids is 2. The molecule has 0 spiro atoms. The summed E-state index contributed by atoms with van der Waals surface area (Å²) in [5, 5.41) is -0.0138. The number of amides is 1. The summed E-state index contributed by atoms with van der Waals surface area (Å²) >= 11 is 7.27. The zero-order chi connectivity index (χ0) is 20.3. The van der Waals surface area contributed by atoms with E-state index in [0.29, 0.717) is 4.80 Å². The van der Waals surface area contributed by atoms with Crippen molar-refractivity contribution in [3.05, 3.63) is 63.2 Å². The summed E-state index contributed by atoms with van der Waals surface area (Å²) in [5.74, 6) is -1.56. The molecule has 0 atom stereocenters. The molecule has 8 heteroatoms. The minimum atomic E-state index is -0.607. The van der Waals surface area contributed by atoms with E-state index in [1.165, 1.54) is 17.4 Å². The predicted molar refractivity (Wildman–Crippen MR) is 107 cm³/mol. The lowest BCUT2D eigenvalue weighted by molar-refractivity contribution is -0.143. The van der Waals surface area contributed by atoms with Crippen LogP contribution in [0.25, 0.3) is 10.2 Å². The summed E-state index contributed by atoms with van der Waals surface area (Å²) in [6.07, 6.45) is 0.863. The summed E-state index contributed by atoms with van der Waals surface area (Å²) in [7, 11) is 0. The highest BCUT2D eigenvalue weighted by atomic mass is 35.5. The number of ether oxygens (including phenoxy) is 1. The number of hydrogen-bond acceptors (Lipinski definition) is 4. The van der Waals surface area contributed by atoms with E-state index in [2.05, 4.69) is 4.99 Å². The van der Waals surface area contributed by atoms with Crippen molar-refractivity contribution in [1.82, 2.24) is 4.57 Å². The lowest BCUT2D eigenvalue weighted by Crippen LogP contribution is -2.23. The standard InChI is InChI=1S/C20H18ClFN2O3S/c1-3-12-5-8-16-17(9-12)28-20(24(16)11-18(25)27-4-2)23-19(26)14-7-6-13(22)10-15(14)21/h5-10H,3-4,11H2,1-2H3. The van der Waals surface area contributed by atoms with Crippen LogP contribution in [0.15, 0.2) is 41.4 Å². The third-order valence-electron chi connectivity index (χ3n) is 4.11. The third-order valence-corrected chi connectivity index (χ3v) is 5.46. The first-order chi connectivity index (χ1) is 13.4. The fourth-order valence-electron chi connectivity index (χ4n) is 2.72. The van der Waals surface area contributed by atoms with Gasteiger partial charge in [0.05, 0.1) is 27.4 Å². The van der Waals surface area contributed by atoms with E-state index in [1.54, 1.807) is 11.5 Å². The number of aromatic nitrogens is 1. The van der Waals surface area contributed by atoms with Gasteiger partial charge in [-0.05, 0) is 49.2 Å². The van der Waals surface area contributed by atoms with Crippen LogP contribution in [0.3, 0.4) is 0 Å². The van der Waals surface area contributed by atoms with Crippen molar-refractivity contribution in [2.45, 2.75) is 26.8 Å². The van der Waals surface area contributed by atoms with Crippen molar-refractivity contribution in [1.29, 1.82) is 0 Å². The molecule has 3 rings (SSSR count). The minimum absolute atomic E-state index is 0.0138. The Balaban J connectivity index is 2.13. The van der Waals surface area contributed by atoms with Gasteiger partial charge in [-0.15, -0.1) is 0 Å². The van der Waals surface area contributed by atoms with Crippen LogP contribution in [0.2, 0.25) is 5.02 Å². The highest BCUT2D eigenvalue weighted by Gasteiger charge is 2.15. The summed E-state index contributed by atoms with van der Waals surface area (Å²) in [5.41, 5.74) is 2.01. The number of thiazole rings is 1. The van der Waals surface area contributed by atoms with Crippen LogP contribution in [0.5, 0.6) is 0 Å². The minimum Gasteiger partial charge on any atom is -0.465 e. The molecule has 1 amide bonds. The number of hydrogen-bond donors (Lipinski definition) is 0. The molecular formula is C20H18ClFN2O3S. The van der Waals surface area contributed by atoms with Crippen LogP contribution in [0, 0.1) is 5.82 Å². The van der Waals surface area contributed by atoms with Gasteiger partial charge in [0, 0.05) is 0 Å². The van der Waals surface area contributed by atoms with Crippen LogP contribution < -0.4 is 4.80 Å². The first-order valence-electron chi connectivity index (χ1n) is 8.75. The first-order valence-corrected chi connectivity index (χ1v) is 9.94. The van der Waals surface area contributed by atoms with E-state index in [4.69, 9.17) is 16.3 Å². The van der Waals surface area contributed by atoms with Crippen molar-refractivity contribution in [3.8, 4) is 0 Å². The van der Waals surface area contributed by atoms with Gasteiger partial charge < -0.3 is 9.30 Å². The van der Waals surface area contributed by atoms with E-state index >= 15 is 0 Å². The second-order valence-electron chi connectivity index (χ2n) is 5.97. The molecule has 2 aromatic carbocycles. The van der Waals surface area contributed by atoms with Crippen molar-refractivity contribution >= 4 is 45.0 Å². The Morgan fingerprint density at radius 2 is 2.00 bits per heavy atom. The Hall–Kier alpha value is -2.51. The number of esters is 1. The SMILES string of the molecule is CCOC(=O)Cn1c(=NC(=O)c2ccc(F)cc2Cl)sc2cc(CC)ccc21. The lowest BCUT2D eigenvalue weighted by atomic mass is 10.2. The Labute approximate surface area is 170 Å². The largest absolute Gasteiger partial charge is 0.465 e. The highest BCUT2D eigenvalue weighted by Crippen LogP contribution is 2.21. The molecule has 0 radical (unpaired) electrons. The molecule has 3 aromatic rings. The Kier molecular flexibility index (Phi) is 6.26. The van der Waals surface area contributed by atoms with Crippen molar-refractivity contribution in [2.75, 3.05) is 6.61 Å². The highest BCUT2D eigenvalue weighted by molar-refractivity contribution is 7.16. The van der Waals surface area contributed by atoms with Gasteiger partial charge in [0.25, 0.3) is 5.91 Å². The molecule has 0 fully saturated rings. The molecule has 0 aliphatic heterocycles. The summed E-state index contributed by atoms with van der Waals surface area (Å²) in [6.45, 7) is 3.97. The summed E-state index contributed by atoms with van der Waals surface area (Å²) in [6, 6.07) is 9.39. The van der Waals surface area contributed by atoms with Crippen molar-refractivity contribution in [3.63, 3.8) is 0 Å². The normalized spacial score (nSPS) is 11.8. The molecule has 0 aliphatic carbocycles. The van der Waals surface area contributed by atoms with Gasteiger partial charge >= 0.3 is 5.97 Å². The second-order valence-corrected chi connectivity index (χ2v) is 7.39. The fraction of sp³-hybridized carbons (Fsp3) is 0.250. The number of halogens is 2. The van der Waals surface area contributed by atoms with E-state index in [1.807, 2.05) is 25.1 Å². The molecule has 1 aromatic heterocycles. The smallest absolute Gasteiger partial charge is 0.326 e. The van der Waals surface area contributed by atoms with Crippen molar-refractivity contribution < 1.29 is 18.7 Å². The Bertz CT molecular complexity index is 1120. The number of rotatable bonds is 5. The molecule has 0 saturated carbocycles. The zero-order valence-electron chi connectivity index (χ0n) is 15.4. The van der Waals surface area contributed by atoms with Gasteiger partial charge in [-0.25, -0.2) is 4.39 Å². The number of nitrogens with zero attached hydrogens (tertiary/aromatic N) is 2. The van der Waals surface area contributed by atoms with Crippen LogP contribution in [-0.2, 0) is 22.5 Å². The number of carbonyl (C=O) groups is 2. The van der Waals surface area contributed by atoms with E-state index < -0.39 is 17.7 Å². The number of aryl methyl sites for hydroxylation is 1. The van der Waals surface area contributed by atoms with E-state index in [-0.39, 0.29) is 23.7 Å². The fourth-order valence-corrected chi connectivity index (χ4v) is 4.06. The molecule has 0 saturated heterocycles. The maximum absolute atomic E-state index is 13.2. The molecule has 146 valence electrons. The topological polar surface area (TPSA) is 60.7 Å². The van der Waals surface area contributed by atoms with Crippen molar-refractivity contribution in [2.24, 2.45) is 4.99 Å². The number of benzene rings is 2. The molecule has 0 bridgehead atoms. The van der Waals surface area contributed by atoms with Crippen LogP contribution in [-0.4, -0.2) is 23.1 Å². The maximum atomic E-state index is 13.2. The van der Waals surface area contributed by atoms with E-state index in [0.717, 1.165) is 34.3 Å². The Morgan fingerprint density at radius 3 is 2.68 bits per heavy atom. The molecule has 5 nitrogen and oxygen atoms in total. The van der Waals surface area contributed by atoms with Gasteiger partial charge in [-0.2, -0.15) is 4.99 Å². The average Bonchev–Trinajstić information content (AvgIpc) is 2.97. The monoisotopic (exact) mass is 420 g/mol. The van der Waals surface area contributed by atoms with Gasteiger partial charge in [-0.3, -0.25) is 9.59 Å². The quantitative estimate of drug-likeness (QED) is 0.576.